The standard InChI is InChI=1S/C10H21NO/c1-5-9(3)12-10-7-11(4)6-8(10)2/h8-10H,5-7H2,1-4H3/t8-,9?,10-/m1/s1. The minimum atomic E-state index is 0.420. The monoisotopic (exact) mass is 171 g/mol. The largest absolute Gasteiger partial charge is 0.374 e. The quantitative estimate of drug-likeness (QED) is 0.641. The van der Waals surface area contributed by atoms with Crippen LogP contribution >= 0.6 is 0 Å². The average molecular weight is 171 g/mol. The molecule has 0 aromatic rings. The van der Waals surface area contributed by atoms with E-state index in [2.05, 4.69) is 32.7 Å². The summed E-state index contributed by atoms with van der Waals surface area (Å²) in [4.78, 5) is 2.34. The van der Waals surface area contributed by atoms with E-state index in [1.807, 2.05) is 0 Å². The van der Waals surface area contributed by atoms with Gasteiger partial charge in [-0.2, -0.15) is 0 Å². The molecule has 0 aliphatic carbocycles. The summed E-state index contributed by atoms with van der Waals surface area (Å²) >= 11 is 0. The summed E-state index contributed by atoms with van der Waals surface area (Å²) in [5.74, 6) is 0.698. The molecule has 1 saturated heterocycles. The maximum absolute atomic E-state index is 5.90. The van der Waals surface area contributed by atoms with E-state index in [9.17, 15) is 0 Å². The number of hydrogen-bond donors (Lipinski definition) is 0. The van der Waals surface area contributed by atoms with Crippen molar-refractivity contribution >= 4 is 0 Å². The van der Waals surface area contributed by atoms with E-state index >= 15 is 0 Å². The molecule has 0 amide bonds. The summed E-state index contributed by atoms with van der Waals surface area (Å²) in [5, 5.41) is 0. The molecule has 1 aliphatic heterocycles. The van der Waals surface area contributed by atoms with Crippen LogP contribution in [0.2, 0.25) is 0 Å². The minimum absolute atomic E-state index is 0.420. The van der Waals surface area contributed by atoms with Gasteiger partial charge in [-0.25, -0.2) is 0 Å². The van der Waals surface area contributed by atoms with E-state index in [1.165, 1.54) is 6.54 Å². The van der Waals surface area contributed by atoms with Crippen LogP contribution in [-0.2, 0) is 4.74 Å². The zero-order valence-corrected chi connectivity index (χ0v) is 8.71. The molecule has 1 unspecified atom stereocenters. The van der Waals surface area contributed by atoms with E-state index in [0.29, 0.717) is 18.1 Å². The first-order valence-electron chi connectivity index (χ1n) is 4.97. The molecule has 3 atom stereocenters. The van der Waals surface area contributed by atoms with Crippen molar-refractivity contribution in [1.29, 1.82) is 0 Å². The number of likely N-dealkylation sites (N-methyl/N-ethyl adjacent to an activating group) is 1. The zero-order valence-electron chi connectivity index (χ0n) is 8.71. The number of ether oxygens (including phenoxy) is 1. The Kier molecular flexibility index (Phi) is 3.53. The lowest BCUT2D eigenvalue weighted by Crippen LogP contribution is -2.25. The van der Waals surface area contributed by atoms with Gasteiger partial charge in [0.25, 0.3) is 0 Å². The molecule has 72 valence electrons. The first kappa shape index (κ1) is 10.0. The fourth-order valence-corrected chi connectivity index (χ4v) is 1.74. The maximum Gasteiger partial charge on any atom is 0.0743 e. The van der Waals surface area contributed by atoms with Crippen LogP contribution in [0.1, 0.15) is 27.2 Å². The Labute approximate surface area is 75.9 Å². The summed E-state index contributed by atoms with van der Waals surface area (Å²) < 4.78 is 5.90. The summed E-state index contributed by atoms with van der Waals surface area (Å²) in [5.41, 5.74) is 0. The normalized spacial score (nSPS) is 34.0. The van der Waals surface area contributed by atoms with Crippen LogP contribution in [0.5, 0.6) is 0 Å². The molecule has 0 aromatic carbocycles. The SMILES string of the molecule is CCC(C)O[C@@H]1CN(C)C[C@H]1C. The van der Waals surface area contributed by atoms with Crippen molar-refractivity contribution in [3.63, 3.8) is 0 Å². The third kappa shape index (κ3) is 2.46. The third-order valence-corrected chi connectivity index (χ3v) is 2.71. The number of likely N-dealkylation sites (tertiary alicyclic amines) is 1. The molecule has 2 nitrogen and oxygen atoms in total. The molecular formula is C10H21NO. The van der Waals surface area contributed by atoms with Crippen molar-refractivity contribution in [1.82, 2.24) is 4.90 Å². The number of hydrogen-bond acceptors (Lipinski definition) is 2. The third-order valence-electron chi connectivity index (χ3n) is 2.71. The second-order valence-corrected chi connectivity index (χ2v) is 4.09. The van der Waals surface area contributed by atoms with Crippen molar-refractivity contribution in [2.45, 2.75) is 39.4 Å². The Morgan fingerprint density at radius 3 is 2.58 bits per heavy atom. The topological polar surface area (TPSA) is 12.5 Å². The molecular weight excluding hydrogens is 150 g/mol. The first-order valence-corrected chi connectivity index (χ1v) is 4.97. The van der Waals surface area contributed by atoms with Gasteiger partial charge in [-0.05, 0) is 26.3 Å². The van der Waals surface area contributed by atoms with Gasteiger partial charge in [0.2, 0.25) is 0 Å². The van der Waals surface area contributed by atoms with Gasteiger partial charge < -0.3 is 9.64 Å². The second-order valence-electron chi connectivity index (χ2n) is 4.09. The summed E-state index contributed by atoms with van der Waals surface area (Å²) in [6.45, 7) is 8.89. The molecule has 2 heteroatoms. The fourth-order valence-electron chi connectivity index (χ4n) is 1.74. The van der Waals surface area contributed by atoms with Crippen molar-refractivity contribution in [2.24, 2.45) is 5.92 Å². The molecule has 0 radical (unpaired) electrons. The van der Waals surface area contributed by atoms with Gasteiger partial charge in [-0.1, -0.05) is 13.8 Å². The van der Waals surface area contributed by atoms with Crippen LogP contribution in [0.3, 0.4) is 0 Å². The van der Waals surface area contributed by atoms with E-state index in [1.54, 1.807) is 0 Å². The Bertz CT molecular complexity index is 138. The maximum atomic E-state index is 5.90. The van der Waals surface area contributed by atoms with Crippen LogP contribution in [0.25, 0.3) is 0 Å². The van der Waals surface area contributed by atoms with Crippen LogP contribution < -0.4 is 0 Å². The fraction of sp³-hybridized carbons (Fsp3) is 1.00. The van der Waals surface area contributed by atoms with Gasteiger partial charge in [-0.15, -0.1) is 0 Å². The van der Waals surface area contributed by atoms with Crippen LogP contribution in [-0.4, -0.2) is 37.2 Å². The van der Waals surface area contributed by atoms with Crippen LogP contribution in [0, 0.1) is 5.92 Å². The van der Waals surface area contributed by atoms with E-state index < -0.39 is 0 Å². The Morgan fingerprint density at radius 1 is 1.50 bits per heavy atom. The lowest BCUT2D eigenvalue weighted by atomic mass is 10.1. The zero-order chi connectivity index (χ0) is 9.14. The van der Waals surface area contributed by atoms with Crippen LogP contribution in [0.4, 0.5) is 0 Å². The smallest absolute Gasteiger partial charge is 0.0743 e. The highest BCUT2D eigenvalue weighted by molar-refractivity contribution is 4.80. The van der Waals surface area contributed by atoms with Crippen molar-refractivity contribution in [3.8, 4) is 0 Å². The Balaban J connectivity index is 2.32. The molecule has 0 aromatic heterocycles. The van der Waals surface area contributed by atoms with Crippen molar-refractivity contribution < 1.29 is 4.74 Å². The van der Waals surface area contributed by atoms with Crippen molar-refractivity contribution in [3.05, 3.63) is 0 Å². The number of rotatable bonds is 3. The molecule has 0 bridgehead atoms. The molecule has 1 rings (SSSR count). The highest BCUT2D eigenvalue weighted by Crippen LogP contribution is 2.19. The van der Waals surface area contributed by atoms with Gasteiger partial charge >= 0.3 is 0 Å². The summed E-state index contributed by atoms with van der Waals surface area (Å²) in [7, 11) is 2.16. The van der Waals surface area contributed by atoms with Gasteiger partial charge in [0.05, 0.1) is 12.2 Å². The summed E-state index contributed by atoms with van der Waals surface area (Å²) in [6.07, 6.45) is 2.00. The average Bonchev–Trinajstić information content (AvgIpc) is 2.30. The van der Waals surface area contributed by atoms with E-state index in [-0.39, 0.29) is 0 Å². The first-order chi connectivity index (χ1) is 5.63. The van der Waals surface area contributed by atoms with Gasteiger partial charge in [0.15, 0.2) is 0 Å². The van der Waals surface area contributed by atoms with Crippen molar-refractivity contribution in [2.75, 3.05) is 20.1 Å². The Morgan fingerprint density at radius 2 is 2.17 bits per heavy atom. The van der Waals surface area contributed by atoms with E-state index in [4.69, 9.17) is 4.74 Å². The second kappa shape index (κ2) is 4.24. The molecule has 1 heterocycles. The lowest BCUT2D eigenvalue weighted by molar-refractivity contribution is -0.0142. The number of nitrogens with zero attached hydrogens (tertiary/aromatic N) is 1. The molecule has 1 fully saturated rings. The summed E-state index contributed by atoms with van der Waals surface area (Å²) in [6, 6.07) is 0. The highest BCUT2D eigenvalue weighted by Gasteiger charge is 2.28. The predicted molar refractivity (Wildman–Crippen MR) is 51.3 cm³/mol. The molecule has 12 heavy (non-hydrogen) atoms. The molecule has 0 spiro atoms. The minimum Gasteiger partial charge on any atom is -0.374 e. The van der Waals surface area contributed by atoms with Gasteiger partial charge in [0, 0.05) is 13.1 Å². The predicted octanol–water partition coefficient (Wildman–Crippen LogP) is 1.75. The van der Waals surface area contributed by atoms with Crippen LogP contribution in [0.15, 0.2) is 0 Å². The molecule has 1 aliphatic rings. The van der Waals surface area contributed by atoms with E-state index in [0.717, 1.165) is 13.0 Å². The van der Waals surface area contributed by atoms with Gasteiger partial charge in [0.1, 0.15) is 0 Å². The Hall–Kier alpha value is -0.0800. The van der Waals surface area contributed by atoms with Gasteiger partial charge in [-0.3, -0.25) is 0 Å². The molecule has 0 saturated carbocycles. The molecule has 0 N–H and O–H groups in total. The highest BCUT2D eigenvalue weighted by atomic mass is 16.5. The lowest BCUT2D eigenvalue weighted by Gasteiger charge is -2.20.